The molecule has 0 aromatic rings. The summed E-state index contributed by atoms with van der Waals surface area (Å²) in [5, 5.41) is 104. The highest BCUT2D eigenvalue weighted by molar-refractivity contribution is 5.74. The number of hydrogen-bond acceptors (Lipinski definition) is 24. The van der Waals surface area contributed by atoms with Crippen molar-refractivity contribution < 1.29 is 127 Å². The fraction of sp³-hybridized carbons (Fsp3) is 0.943. The van der Waals surface area contributed by atoms with Gasteiger partial charge < -0.3 is 117 Å². The lowest BCUT2D eigenvalue weighted by Crippen LogP contribution is -2.67. The van der Waals surface area contributed by atoms with E-state index in [1.807, 2.05) is 0 Å². The fourth-order valence-corrected chi connectivity index (χ4v) is 8.16. The van der Waals surface area contributed by atoms with Crippen molar-refractivity contribution in [1.29, 1.82) is 0 Å². The van der Waals surface area contributed by atoms with Gasteiger partial charge in [-0.25, -0.2) is 9.59 Å². The lowest BCUT2D eigenvalue weighted by atomic mass is 9.95. The molecule has 61 heavy (non-hydrogen) atoms. The van der Waals surface area contributed by atoms with Crippen LogP contribution in [0.5, 0.6) is 0 Å². The Morgan fingerprint density at radius 2 is 0.918 bits per heavy atom. The Labute approximate surface area is 348 Å². The number of aliphatic hydroxyl groups excluding tert-OH is 8. The van der Waals surface area contributed by atoms with Crippen LogP contribution in [0.15, 0.2) is 0 Å². The van der Waals surface area contributed by atoms with Gasteiger partial charge in [0, 0.05) is 48.4 Å². The van der Waals surface area contributed by atoms with Crippen LogP contribution in [0.25, 0.3) is 0 Å². The van der Waals surface area contributed by atoms with Gasteiger partial charge in [0.25, 0.3) is 0 Å². The normalized spacial score (nSPS) is 47.2. The summed E-state index contributed by atoms with van der Waals surface area (Å²) in [6.45, 7) is -2.15. The highest BCUT2D eigenvalue weighted by Gasteiger charge is 2.57. The zero-order chi connectivity index (χ0) is 44.9. The van der Waals surface area contributed by atoms with Gasteiger partial charge in [-0.05, 0) is 0 Å². The first-order chi connectivity index (χ1) is 29.1. The zero-order valence-corrected chi connectivity index (χ0v) is 33.8. The molecule has 0 saturated carbocycles. The molecule has 5 saturated heterocycles. The zero-order valence-electron chi connectivity index (χ0n) is 33.8. The second-order valence-corrected chi connectivity index (χ2v) is 14.8. The molecule has 0 bridgehead atoms. The molecule has 354 valence electrons. The van der Waals surface area contributed by atoms with Crippen LogP contribution in [0.4, 0.5) is 0 Å². The Morgan fingerprint density at radius 3 is 1.46 bits per heavy atom. The third-order valence-electron chi connectivity index (χ3n) is 11.3. The topological polar surface area (TPSA) is 366 Å². The molecule has 23 atom stereocenters. The van der Waals surface area contributed by atoms with E-state index < -0.39 is 173 Å². The molecular weight excluding hydrogens is 836 g/mol. The molecule has 5 fully saturated rings. The van der Waals surface area contributed by atoms with E-state index in [1.165, 1.54) is 35.5 Å². The van der Waals surface area contributed by atoms with Crippen LogP contribution in [0.1, 0.15) is 12.8 Å². The van der Waals surface area contributed by atoms with Crippen molar-refractivity contribution in [3.63, 3.8) is 0 Å². The Kier molecular flexibility index (Phi) is 18.3. The molecule has 5 aliphatic rings. The third kappa shape index (κ3) is 10.8. The molecule has 10 N–H and O–H groups in total. The molecule has 0 amide bonds. The van der Waals surface area contributed by atoms with E-state index in [-0.39, 0.29) is 12.8 Å². The SMILES string of the molecule is COC1C[C@@H](O[C@@H]2C(C(=O)O)OC(O[C@H]3C(O)C(O)[C@@H](O[C@H]4[C@H](OC)CC(O[C@H]5C(O)C(O)[C@@H](O)O[C@@H]5CO)O[C@H]4C(=O)O)O[C@@H]3CO)[C@H](OC)C2OC)OC(CO)[C@H]1OC. The van der Waals surface area contributed by atoms with Crippen LogP contribution < -0.4 is 0 Å². The van der Waals surface area contributed by atoms with E-state index in [0.717, 1.165) is 0 Å². The second-order valence-electron chi connectivity index (χ2n) is 14.8. The molecular formula is C35H58O26. The van der Waals surface area contributed by atoms with Crippen LogP contribution in [-0.4, -0.2) is 260 Å². The number of hydrogen-bond donors (Lipinski definition) is 10. The molecule has 26 nitrogen and oxygen atoms in total. The third-order valence-corrected chi connectivity index (χ3v) is 11.3. The van der Waals surface area contributed by atoms with Gasteiger partial charge in [0.2, 0.25) is 0 Å². The van der Waals surface area contributed by atoms with E-state index in [2.05, 4.69) is 0 Å². The van der Waals surface area contributed by atoms with Crippen molar-refractivity contribution in [3.8, 4) is 0 Å². The summed E-state index contributed by atoms with van der Waals surface area (Å²) in [6.07, 6.45) is -34.9. The van der Waals surface area contributed by atoms with Gasteiger partial charge in [-0.1, -0.05) is 0 Å². The van der Waals surface area contributed by atoms with Crippen molar-refractivity contribution >= 4 is 11.9 Å². The Hall–Kier alpha value is -1.94. The van der Waals surface area contributed by atoms with Crippen molar-refractivity contribution in [3.05, 3.63) is 0 Å². The Balaban J connectivity index is 1.29. The first-order valence-electron chi connectivity index (χ1n) is 19.3. The maximum atomic E-state index is 12.7. The first kappa shape index (κ1) is 50.1. The van der Waals surface area contributed by atoms with Crippen molar-refractivity contribution in [2.45, 2.75) is 154 Å². The minimum absolute atomic E-state index is 0.0504. The number of methoxy groups -OCH3 is 5. The van der Waals surface area contributed by atoms with Crippen LogP contribution in [0.2, 0.25) is 0 Å². The summed E-state index contributed by atoms with van der Waals surface area (Å²) >= 11 is 0. The van der Waals surface area contributed by atoms with Gasteiger partial charge in [-0.3, -0.25) is 0 Å². The lowest BCUT2D eigenvalue weighted by Gasteiger charge is -2.49. The summed E-state index contributed by atoms with van der Waals surface area (Å²) in [5.41, 5.74) is 0. The summed E-state index contributed by atoms with van der Waals surface area (Å²) in [7, 11) is 6.49. The summed E-state index contributed by atoms with van der Waals surface area (Å²) in [4.78, 5) is 25.2. The average Bonchev–Trinajstić information content (AvgIpc) is 3.25. The Bertz CT molecular complexity index is 1360. The Morgan fingerprint density at radius 1 is 0.459 bits per heavy atom. The minimum Gasteiger partial charge on any atom is -0.479 e. The van der Waals surface area contributed by atoms with Crippen LogP contribution in [0, 0.1) is 0 Å². The second kappa shape index (κ2) is 22.3. The molecule has 10 unspecified atom stereocenters. The van der Waals surface area contributed by atoms with Gasteiger partial charge >= 0.3 is 11.9 Å². The smallest absolute Gasteiger partial charge is 0.335 e. The van der Waals surface area contributed by atoms with Crippen LogP contribution in [0.3, 0.4) is 0 Å². The molecule has 0 spiro atoms. The van der Waals surface area contributed by atoms with Gasteiger partial charge in [-0.15, -0.1) is 0 Å². The number of carboxylic acids is 2. The molecule has 0 aliphatic carbocycles. The number of rotatable bonds is 18. The van der Waals surface area contributed by atoms with E-state index >= 15 is 0 Å². The molecule has 5 rings (SSSR count). The summed E-state index contributed by atoms with van der Waals surface area (Å²) < 4.78 is 79.5. The molecule has 0 radical (unpaired) electrons. The predicted octanol–water partition coefficient (Wildman–Crippen LogP) is -6.41. The summed E-state index contributed by atoms with van der Waals surface area (Å²) in [5.74, 6) is -3.16. The van der Waals surface area contributed by atoms with Crippen LogP contribution >= 0.6 is 0 Å². The van der Waals surface area contributed by atoms with E-state index in [9.17, 15) is 60.7 Å². The fourth-order valence-electron chi connectivity index (χ4n) is 8.16. The standard InChI is InChI=1S/C35H58O26/c1-48-11-6-16(53-13(8-36)22(11)50-3)57-27-26(51-4)30(52-5)35(61-29(27)32(45)46)59-24-15(10-38)55-34(21(42)19(24)40)60-25-12(49-2)7-17(58-28(25)31(43)44)56-23-14(9-37)54-33(47)20(41)18(23)39/h11-30,33-42,47H,6-10H2,1-5H3,(H,43,44)(H,45,46)/t11?,12-,13?,14-,15-,16-,17?,18?,19?,20?,21?,22+,23-,24-,25+,26?,27+,28-,29?,30-,33+,34-,35?/m1/s1. The number of aliphatic carboxylic acids is 2. The molecule has 5 heterocycles. The van der Waals surface area contributed by atoms with Gasteiger partial charge in [-0.2, -0.15) is 0 Å². The van der Waals surface area contributed by atoms with Gasteiger partial charge in [0.1, 0.15) is 85.5 Å². The maximum Gasteiger partial charge on any atom is 0.335 e. The molecule has 0 aromatic heterocycles. The lowest BCUT2D eigenvalue weighted by molar-refractivity contribution is -0.381. The first-order valence-corrected chi connectivity index (χ1v) is 19.3. The maximum absolute atomic E-state index is 12.7. The molecule has 5 aliphatic heterocycles. The average molecular weight is 895 g/mol. The number of ether oxygens (including phenoxy) is 14. The predicted molar refractivity (Wildman–Crippen MR) is 189 cm³/mol. The number of carboxylic acid groups (broad SMARTS) is 2. The molecule has 0 aromatic carbocycles. The summed E-state index contributed by atoms with van der Waals surface area (Å²) in [6, 6.07) is 0. The van der Waals surface area contributed by atoms with Crippen molar-refractivity contribution in [2.24, 2.45) is 0 Å². The largest absolute Gasteiger partial charge is 0.479 e. The van der Waals surface area contributed by atoms with E-state index in [0.29, 0.717) is 0 Å². The van der Waals surface area contributed by atoms with Crippen molar-refractivity contribution in [2.75, 3.05) is 55.4 Å². The molecule has 26 heteroatoms. The van der Waals surface area contributed by atoms with Gasteiger partial charge in [0.05, 0.1) is 32.0 Å². The quantitative estimate of drug-likeness (QED) is 0.0612. The van der Waals surface area contributed by atoms with Gasteiger partial charge in [0.15, 0.2) is 43.7 Å². The van der Waals surface area contributed by atoms with Crippen LogP contribution in [-0.2, 0) is 75.9 Å². The van der Waals surface area contributed by atoms with E-state index in [1.54, 1.807) is 0 Å². The number of carbonyl (C=O) groups is 2. The highest BCUT2D eigenvalue weighted by atomic mass is 16.8. The van der Waals surface area contributed by atoms with E-state index in [4.69, 9.17) is 66.3 Å². The number of aliphatic hydroxyl groups is 8. The van der Waals surface area contributed by atoms with Crippen molar-refractivity contribution in [1.82, 2.24) is 0 Å². The monoisotopic (exact) mass is 894 g/mol. The minimum atomic E-state index is -2.04. The highest BCUT2D eigenvalue weighted by Crippen LogP contribution is 2.37.